The molecule has 0 aliphatic heterocycles. The topological polar surface area (TPSA) is 62.0 Å². The number of amides is 1. The molecule has 1 heterocycles. The van der Waals surface area contributed by atoms with Crippen molar-refractivity contribution in [1.29, 1.82) is 0 Å². The van der Waals surface area contributed by atoms with E-state index in [1.165, 1.54) is 12.1 Å². The lowest BCUT2D eigenvalue weighted by molar-refractivity contribution is 0.0962. The van der Waals surface area contributed by atoms with Gasteiger partial charge in [0.05, 0.1) is 5.56 Å². The molecule has 12 heavy (non-hydrogen) atoms. The molecule has 0 aromatic carbocycles. The molecule has 0 aliphatic carbocycles. The number of aromatic amines is 1. The molecule has 0 saturated carbocycles. The highest BCUT2D eigenvalue weighted by Gasteiger charge is 2.05. The summed E-state index contributed by atoms with van der Waals surface area (Å²) in [5.74, 6) is -0.191. The number of pyridine rings is 1. The first kappa shape index (κ1) is 8.52. The standard InChI is InChI=1S/C8H10N2O2/c1-5-6(8(12)9-2)3-4-7(11)10-5/h3-4H,1-2H3,(H,9,12)(H,10,11). The Balaban J connectivity index is 3.18. The minimum absolute atomic E-state index is 0.191. The van der Waals surface area contributed by atoms with Crippen molar-refractivity contribution in [1.82, 2.24) is 10.3 Å². The molecule has 1 rings (SSSR count). The van der Waals surface area contributed by atoms with E-state index in [1.54, 1.807) is 14.0 Å². The molecule has 0 spiro atoms. The summed E-state index contributed by atoms with van der Waals surface area (Å²) in [6.07, 6.45) is 0. The first-order chi connectivity index (χ1) is 5.65. The Bertz CT molecular complexity index is 354. The molecule has 1 aromatic heterocycles. The van der Waals surface area contributed by atoms with Crippen LogP contribution in [0.4, 0.5) is 0 Å². The molecule has 0 atom stereocenters. The lowest BCUT2D eigenvalue weighted by atomic mass is 10.2. The van der Waals surface area contributed by atoms with Crippen molar-refractivity contribution >= 4 is 5.91 Å². The van der Waals surface area contributed by atoms with Gasteiger partial charge in [0.15, 0.2) is 0 Å². The highest BCUT2D eigenvalue weighted by Crippen LogP contribution is 1.99. The van der Waals surface area contributed by atoms with Crippen molar-refractivity contribution in [3.8, 4) is 0 Å². The second-order valence-electron chi connectivity index (χ2n) is 2.44. The Morgan fingerprint density at radius 2 is 2.17 bits per heavy atom. The lowest BCUT2D eigenvalue weighted by Crippen LogP contribution is -2.21. The van der Waals surface area contributed by atoms with Gasteiger partial charge >= 0.3 is 0 Å². The Morgan fingerprint density at radius 3 is 2.67 bits per heavy atom. The van der Waals surface area contributed by atoms with Crippen LogP contribution in [-0.2, 0) is 0 Å². The van der Waals surface area contributed by atoms with Crippen molar-refractivity contribution < 1.29 is 4.79 Å². The number of carbonyl (C=O) groups is 1. The molecule has 0 saturated heterocycles. The van der Waals surface area contributed by atoms with Crippen LogP contribution in [0.5, 0.6) is 0 Å². The van der Waals surface area contributed by atoms with Crippen molar-refractivity contribution in [2.45, 2.75) is 6.92 Å². The largest absolute Gasteiger partial charge is 0.355 e. The van der Waals surface area contributed by atoms with Crippen LogP contribution in [0, 0.1) is 6.92 Å². The van der Waals surface area contributed by atoms with Crippen LogP contribution in [-0.4, -0.2) is 17.9 Å². The van der Waals surface area contributed by atoms with E-state index in [4.69, 9.17) is 0 Å². The molecule has 0 fully saturated rings. The van der Waals surface area contributed by atoms with E-state index in [9.17, 15) is 9.59 Å². The van der Waals surface area contributed by atoms with E-state index in [2.05, 4.69) is 10.3 Å². The summed E-state index contributed by atoms with van der Waals surface area (Å²) in [6.45, 7) is 1.69. The Kier molecular flexibility index (Phi) is 2.28. The van der Waals surface area contributed by atoms with Crippen LogP contribution in [0.15, 0.2) is 16.9 Å². The molecule has 0 radical (unpaired) electrons. The van der Waals surface area contributed by atoms with Crippen LogP contribution in [0.25, 0.3) is 0 Å². The second-order valence-corrected chi connectivity index (χ2v) is 2.44. The number of hydrogen-bond donors (Lipinski definition) is 2. The number of rotatable bonds is 1. The second kappa shape index (κ2) is 3.21. The Labute approximate surface area is 69.6 Å². The molecular weight excluding hydrogens is 156 g/mol. The zero-order chi connectivity index (χ0) is 9.14. The summed E-state index contributed by atoms with van der Waals surface area (Å²) in [5.41, 5.74) is 0.888. The van der Waals surface area contributed by atoms with Crippen molar-refractivity contribution in [3.63, 3.8) is 0 Å². The third-order valence-corrected chi connectivity index (χ3v) is 1.59. The maximum atomic E-state index is 11.1. The van der Waals surface area contributed by atoms with Gasteiger partial charge in [-0.2, -0.15) is 0 Å². The first-order valence-electron chi connectivity index (χ1n) is 3.57. The lowest BCUT2D eigenvalue weighted by Gasteiger charge is -2.01. The van der Waals surface area contributed by atoms with Gasteiger partial charge in [0.25, 0.3) is 5.91 Å². The molecule has 1 amide bonds. The van der Waals surface area contributed by atoms with Crippen molar-refractivity contribution in [3.05, 3.63) is 33.7 Å². The predicted octanol–water partition coefficient (Wildman–Crippen LogP) is 0.0429. The minimum atomic E-state index is -0.194. The number of carbonyl (C=O) groups excluding carboxylic acids is 1. The van der Waals surface area contributed by atoms with Gasteiger partial charge < -0.3 is 10.3 Å². The summed E-state index contributed by atoms with van der Waals surface area (Å²) in [7, 11) is 1.55. The van der Waals surface area contributed by atoms with Gasteiger partial charge in [-0.3, -0.25) is 9.59 Å². The Morgan fingerprint density at radius 1 is 1.50 bits per heavy atom. The summed E-state index contributed by atoms with van der Waals surface area (Å²) < 4.78 is 0. The monoisotopic (exact) mass is 166 g/mol. The fraction of sp³-hybridized carbons (Fsp3) is 0.250. The van der Waals surface area contributed by atoms with E-state index >= 15 is 0 Å². The molecule has 1 aromatic rings. The maximum absolute atomic E-state index is 11.1. The average molecular weight is 166 g/mol. The van der Waals surface area contributed by atoms with Gasteiger partial charge in [0.1, 0.15) is 0 Å². The molecule has 2 N–H and O–H groups in total. The highest BCUT2D eigenvalue weighted by molar-refractivity contribution is 5.94. The third kappa shape index (κ3) is 1.53. The summed E-state index contributed by atoms with van der Waals surface area (Å²) in [4.78, 5) is 24.4. The van der Waals surface area contributed by atoms with E-state index in [0.29, 0.717) is 11.3 Å². The summed E-state index contributed by atoms with van der Waals surface area (Å²) >= 11 is 0. The molecule has 4 nitrogen and oxygen atoms in total. The van der Waals surface area contributed by atoms with E-state index in [1.807, 2.05) is 0 Å². The van der Waals surface area contributed by atoms with Crippen molar-refractivity contribution in [2.75, 3.05) is 7.05 Å². The summed E-state index contributed by atoms with van der Waals surface area (Å²) in [5, 5.41) is 2.48. The zero-order valence-corrected chi connectivity index (χ0v) is 6.97. The van der Waals surface area contributed by atoms with Gasteiger partial charge in [-0.1, -0.05) is 0 Å². The van der Waals surface area contributed by atoms with Crippen LogP contribution in [0.2, 0.25) is 0 Å². The van der Waals surface area contributed by atoms with Crippen LogP contribution >= 0.6 is 0 Å². The smallest absolute Gasteiger partial charge is 0.252 e. The van der Waals surface area contributed by atoms with Gasteiger partial charge in [-0.05, 0) is 13.0 Å². The SMILES string of the molecule is CNC(=O)c1ccc(=O)[nH]c1C. The maximum Gasteiger partial charge on any atom is 0.252 e. The normalized spacial score (nSPS) is 9.50. The highest BCUT2D eigenvalue weighted by atomic mass is 16.1. The van der Waals surface area contributed by atoms with Crippen LogP contribution in [0.3, 0.4) is 0 Å². The number of nitrogens with one attached hydrogen (secondary N) is 2. The van der Waals surface area contributed by atoms with Crippen LogP contribution < -0.4 is 10.9 Å². The van der Waals surface area contributed by atoms with Gasteiger partial charge in [-0.15, -0.1) is 0 Å². The predicted molar refractivity (Wildman–Crippen MR) is 45.2 cm³/mol. The quantitative estimate of drug-likeness (QED) is 0.619. The third-order valence-electron chi connectivity index (χ3n) is 1.59. The number of aromatic nitrogens is 1. The van der Waals surface area contributed by atoms with Gasteiger partial charge in [-0.25, -0.2) is 0 Å². The van der Waals surface area contributed by atoms with Crippen molar-refractivity contribution in [2.24, 2.45) is 0 Å². The molecular formula is C8H10N2O2. The number of hydrogen-bond acceptors (Lipinski definition) is 2. The van der Waals surface area contributed by atoms with E-state index in [-0.39, 0.29) is 11.5 Å². The number of H-pyrrole nitrogens is 1. The molecule has 0 bridgehead atoms. The van der Waals surface area contributed by atoms with Gasteiger partial charge in [0, 0.05) is 18.8 Å². The minimum Gasteiger partial charge on any atom is -0.355 e. The zero-order valence-electron chi connectivity index (χ0n) is 6.97. The van der Waals surface area contributed by atoms with E-state index < -0.39 is 0 Å². The fourth-order valence-corrected chi connectivity index (χ4v) is 0.958. The van der Waals surface area contributed by atoms with Crippen LogP contribution in [0.1, 0.15) is 16.1 Å². The van der Waals surface area contributed by atoms with E-state index in [0.717, 1.165) is 0 Å². The molecule has 0 unspecified atom stereocenters. The van der Waals surface area contributed by atoms with Gasteiger partial charge in [0.2, 0.25) is 5.56 Å². The average Bonchev–Trinajstić information content (AvgIpc) is 2.03. The number of aryl methyl sites for hydroxylation is 1. The Hall–Kier alpha value is -1.58. The molecule has 64 valence electrons. The molecule has 0 aliphatic rings. The first-order valence-corrected chi connectivity index (χ1v) is 3.57. The summed E-state index contributed by atoms with van der Waals surface area (Å²) in [6, 6.07) is 2.84. The fourth-order valence-electron chi connectivity index (χ4n) is 0.958. The molecule has 4 heteroatoms.